The average Bonchev–Trinajstić information content (AvgIpc) is 2.24. The highest BCUT2D eigenvalue weighted by atomic mass is 16.3. The molecule has 14 heavy (non-hydrogen) atoms. The highest BCUT2D eigenvalue weighted by Gasteiger charge is 2.38. The fraction of sp³-hybridized carbons (Fsp3) is 0.846. The molecule has 2 saturated carbocycles. The molecule has 0 aromatic carbocycles. The first-order valence-electron chi connectivity index (χ1n) is 6.10. The van der Waals surface area contributed by atoms with Gasteiger partial charge in [-0.1, -0.05) is 31.4 Å². The summed E-state index contributed by atoms with van der Waals surface area (Å²) in [5.41, 5.74) is 1.01. The van der Waals surface area contributed by atoms with Crippen molar-refractivity contribution in [3.63, 3.8) is 0 Å². The molecule has 2 aliphatic rings. The van der Waals surface area contributed by atoms with E-state index in [0.29, 0.717) is 5.92 Å². The number of aliphatic hydroxyl groups is 1. The van der Waals surface area contributed by atoms with Crippen LogP contribution in [0.1, 0.15) is 57.8 Å². The number of rotatable bonds is 1. The lowest BCUT2D eigenvalue weighted by Gasteiger charge is -2.41. The number of allylic oxidation sites excluding steroid dienone is 1. The van der Waals surface area contributed by atoms with Crippen molar-refractivity contribution in [1.29, 1.82) is 0 Å². The summed E-state index contributed by atoms with van der Waals surface area (Å²) in [4.78, 5) is 0. The highest BCUT2D eigenvalue weighted by molar-refractivity contribution is 5.05. The fourth-order valence-electron chi connectivity index (χ4n) is 3.08. The maximum Gasteiger partial charge on any atom is 0.0681 e. The van der Waals surface area contributed by atoms with Crippen molar-refractivity contribution in [2.24, 2.45) is 5.92 Å². The summed E-state index contributed by atoms with van der Waals surface area (Å²) in [6.07, 6.45) is 10.6. The topological polar surface area (TPSA) is 20.2 Å². The van der Waals surface area contributed by atoms with Gasteiger partial charge in [0.05, 0.1) is 5.60 Å². The molecule has 0 heterocycles. The Labute approximate surface area is 87.2 Å². The van der Waals surface area contributed by atoms with Crippen molar-refractivity contribution >= 4 is 0 Å². The van der Waals surface area contributed by atoms with Gasteiger partial charge in [0.2, 0.25) is 0 Å². The minimum atomic E-state index is -0.332. The minimum absolute atomic E-state index is 0.332. The van der Waals surface area contributed by atoms with Crippen molar-refractivity contribution in [2.75, 3.05) is 0 Å². The molecule has 2 aliphatic carbocycles. The molecule has 1 nitrogen and oxygen atoms in total. The predicted octanol–water partition coefficient (Wildman–Crippen LogP) is 3.43. The van der Waals surface area contributed by atoms with Gasteiger partial charge < -0.3 is 5.11 Å². The molecule has 0 aliphatic heterocycles. The monoisotopic (exact) mass is 194 g/mol. The van der Waals surface area contributed by atoms with Gasteiger partial charge in [-0.25, -0.2) is 0 Å². The highest BCUT2D eigenvalue weighted by Crippen LogP contribution is 2.42. The van der Waals surface area contributed by atoms with E-state index in [9.17, 15) is 5.11 Å². The van der Waals surface area contributed by atoms with Gasteiger partial charge in [0.1, 0.15) is 0 Å². The molecule has 0 radical (unpaired) electrons. The molecule has 0 amide bonds. The molecule has 2 rings (SSSR count). The van der Waals surface area contributed by atoms with Crippen LogP contribution in [0.3, 0.4) is 0 Å². The molecule has 0 spiro atoms. The molecule has 2 fully saturated rings. The Kier molecular flexibility index (Phi) is 2.96. The van der Waals surface area contributed by atoms with Crippen molar-refractivity contribution in [2.45, 2.75) is 63.4 Å². The van der Waals surface area contributed by atoms with E-state index in [0.717, 1.165) is 25.7 Å². The first-order chi connectivity index (χ1) is 6.71. The Balaban J connectivity index is 1.96. The number of hydrogen-bond acceptors (Lipinski definition) is 1. The van der Waals surface area contributed by atoms with E-state index in [1.54, 1.807) is 0 Å². The Morgan fingerprint density at radius 2 is 1.64 bits per heavy atom. The van der Waals surface area contributed by atoms with Crippen molar-refractivity contribution in [1.82, 2.24) is 0 Å². The van der Waals surface area contributed by atoms with E-state index in [4.69, 9.17) is 0 Å². The van der Waals surface area contributed by atoms with Crippen LogP contribution in [0.25, 0.3) is 0 Å². The smallest absolute Gasteiger partial charge is 0.0681 e. The molecular formula is C13H22O. The molecule has 80 valence electrons. The molecule has 0 aromatic rings. The lowest BCUT2D eigenvalue weighted by molar-refractivity contribution is -0.0537. The minimum Gasteiger partial charge on any atom is -0.390 e. The van der Waals surface area contributed by atoms with Gasteiger partial charge in [-0.15, -0.1) is 0 Å². The Morgan fingerprint density at radius 1 is 1.07 bits per heavy atom. The molecule has 0 unspecified atom stereocenters. The van der Waals surface area contributed by atoms with E-state index in [1.165, 1.54) is 37.7 Å². The zero-order chi connectivity index (χ0) is 10.0. The first kappa shape index (κ1) is 10.2. The largest absolute Gasteiger partial charge is 0.390 e. The van der Waals surface area contributed by atoms with Crippen molar-refractivity contribution in [3.8, 4) is 0 Å². The van der Waals surface area contributed by atoms with Gasteiger partial charge >= 0.3 is 0 Å². The SMILES string of the molecule is C=C1CCC(O)(C2CCCCC2)CC1. The summed E-state index contributed by atoms with van der Waals surface area (Å²) in [5, 5.41) is 10.6. The van der Waals surface area contributed by atoms with Gasteiger partial charge in [0.25, 0.3) is 0 Å². The van der Waals surface area contributed by atoms with Crippen LogP contribution in [0.4, 0.5) is 0 Å². The van der Waals surface area contributed by atoms with Gasteiger partial charge in [-0.3, -0.25) is 0 Å². The van der Waals surface area contributed by atoms with E-state index in [-0.39, 0.29) is 5.60 Å². The van der Waals surface area contributed by atoms with Crippen LogP contribution in [0.5, 0.6) is 0 Å². The standard InChI is InChI=1S/C13H22O/c1-11-7-9-13(14,10-8-11)12-5-3-2-4-6-12/h12,14H,1-10H2. The Bertz CT molecular complexity index is 203. The Morgan fingerprint density at radius 3 is 2.21 bits per heavy atom. The van der Waals surface area contributed by atoms with Crippen molar-refractivity contribution < 1.29 is 5.11 Å². The second-order valence-corrected chi connectivity index (χ2v) is 5.19. The predicted molar refractivity (Wildman–Crippen MR) is 59.1 cm³/mol. The molecule has 0 saturated heterocycles. The van der Waals surface area contributed by atoms with Crippen LogP contribution in [0.15, 0.2) is 12.2 Å². The van der Waals surface area contributed by atoms with Gasteiger partial charge in [0.15, 0.2) is 0 Å². The van der Waals surface area contributed by atoms with Gasteiger partial charge in [-0.05, 0) is 44.4 Å². The molecule has 1 heteroatoms. The molecule has 1 N–H and O–H groups in total. The van der Waals surface area contributed by atoms with Crippen LogP contribution in [0.2, 0.25) is 0 Å². The zero-order valence-electron chi connectivity index (χ0n) is 9.10. The third-order valence-electron chi connectivity index (χ3n) is 4.19. The summed E-state index contributed by atoms with van der Waals surface area (Å²) in [6, 6.07) is 0. The van der Waals surface area contributed by atoms with E-state index in [1.807, 2.05) is 0 Å². The second-order valence-electron chi connectivity index (χ2n) is 5.19. The molecular weight excluding hydrogens is 172 g/mol. The van der Waals surface area contributed by atoms with Crippen molar-refractivity contribution in [3.05, 3.63) is 12.2 Å². The molecule has 0 atom stereocenters. The maximum atomic E-state index is 10.6. The average molecular weight is 194 g/mol. The van der Waals surface area contributed by atoms with Gasteiger partial charge in [0, 0.05) is 0 Å². The fourth-order valence-corrected chi connectivity index (χ4v) is 3.08. The second kappa shape index (κ2) is 4.06. The van der Waals surface area contributed by atoms with Crippen LogP contribution >= 0.6 is 0 Å². The quantitative estimate of drug-likeness (QED) is 0.634. The first-order valence-corrected chi connectivity index (χ1v) is 6.10. The third kappa shape index (κ3) is 2.03. The molecule has 0 bridgehead atoms. The number of hydrogen-bond donors (Lipinski definition) is 1. The van der Waals surface area contributed by atoms with Gasteiger partial charge in [-0.2, -0.15) is 0 Å². The normalized spacial score (nSPS) is 29.1. The molecule has 0 aromatic heterocycles. The summed E-state index contributed by atoms with van der Waals surface area (Å²) >= 11 is 0. The van der Waals surface area contributed by atoms with Crippen LogP contribution in [0, 0.1) is 5.92 Å². The zero-order valence-corrected chi connectivity index (χ0v) is 9.10. The van der Waals surface area contributed by atoms with E-state index < -0.39 is 0 Å². The maximum absolute atomic E-state index is 10.6. The van der Waals surface area contributed by atoms with Crippen LogP contribution in [-0.4, -0.2) is 10.7 Å². The summed E-state index contributed by atoms with van der Waals surface area (Å²) < 4.78 is 0. The lowest BCUT2D eigenvalue weighted by atomic mass is 9.69. The Hall–Kier alpha value is -0.300. The summed E-state index contributed by atoms with van der Waals surface area (Å²) in [7, 11) is 0. The summed E-state index contributed by atoms with van der Waals surface area (Å²) in [6.45, 7) is 4.01. The lowest BCUT2D eigenvalue weighted by Crippen LogP contribution is -2.41. The third-order valence-corrected chi connectivity index (χ3v) is 4.19. The van der Waals surface area contributed by atoms with Crippen LogP contribution in [-0.2, 0) is 0 Å². The van der Waals surface area contributed by atoms with E-state index >= 15 is 0 Å². The summed E-state index contributed by atoms with van der Waals surface area (Å²) in [5.74, 6) is 0.587. The van der Waals surface area contributed by atoms with E-state index in [2.05, 4.69) is 6.58 Å². The van der Waals surface area contributed by atoms with Crippen LogP contribution < -0.4 is 0 Å².